The number of aliphatic hydroxyl groups is 1. The summed E-state index contributed by atoms with van der Waals surface area (Å²) in [6.07, 6.45) is 3.29. The van der Waals surface area contributed by atoms with Gasteiger partial charge in [0.1, 0.15) is 0 Å². The van der Waals surface area contributed by atoms with Gasteiger partial charge in [0.2, 0.25) is 0 Å². The summed E-state index contributed by atoms with van der Waals surface area (Å²) in [4.78, 5) is 2.44. The van der Waals surface area contributed by atoms with Gasteiger partial charge in [-0.2, -0.15) is 0 Å². The molecule has 3 N–H and O–H groups in total. The van der Waals surface area contributed by atoms with Crippen molar-refractivity contribution in [2.24, 2.45) is 11.7 Å². The number of rotatable bonds is 6. The van der Waals surface area contributed by atoms with Gasteiger partial charge < -0.3 is 20.5 Å². The number of ether oxygens (including phenoxy) is 1. The van der Waals surface area contributed by atoms with Crippen LogP contribution in [0.5, 0.6) is 0 Å². The molecule has 0 saturated carbocycles. The van der Waals surface area contributed by atoms with Crippen LogP contribution in [0.25, 0.3) is 0 Å². The zero-order chi connectivity index (χ0) is 12.0. The summed E-state index contributed by atoms with van der Waals surface area (Å²) in [6.45, 7) is 6.12. The second-order valence-corrected chi connectivity index (χ2v) is 5.30. The number of nitrogens with zero attached hydrogens (tertiary/aromatic N) is 1. The minimum absolute atomic E-state index is 0.0626. The Labute approximate surface area is 98.8 Å². The topological polar surface area (TPSA) is 58.7 Å². The van der Waals surface area contributed by atoms with Gasteiger partial charge >= 0.3 is 0 Å². The maximum absolute atomic E-state index is 9.08. The molecular formula is C12H26N2O2. The zero-order valence-electron chi connectivity index (χ0n) is 10.6. The molecule has 96 valence electrons. The van der Waals surface area contributed by atoms with Crippen LogP contribution >= 0.6 is 0 Å². The summed E-state index contributed by atoms with van der Waals surface area (Å²) in [5.41, 5.74) is 5.48. The van der Waals surface area contributed by atoms with Crippen LogP contribution < -0.4 is 5.73 Å². The zero-order valence-corrected chi connectivity index (χ0v) is 10.6. The molecule has 4 nitrogen and oxygen atoms in total. The van der Waals surface area contributed by atoms with E-state index in [-0.39, 0.29) is 6.61 Å². The van der Waals surface area contributed by atoms with E-state index in [1.807, 2.05) is 6.92 Å². The predicted molar refractivity (Wildman–Crippen MR) is 65.3 cm³/mol. The Morgan fingerprint density at radius 3 is 2.56 bits per heavy atom. The fourth-order valence-electron chi connectivity index (χ4n) is 2.10. The molecule has 1 fully saturated rings. The van der Waals surface area contributed by atoms with Crippen LogP contribution in [0, 0.1) is 5.92 Å². The van der Waals surface area contributed by atoms with Crippen molar-refractivity contribution in [3.8, 4) is 0 Å². The largest absolute Gasteiger partial charge is 0.394 e. The predicted octanol–water partition coefficient (Wildman–Crippen LogP) is 0.445. The van der Waals surface area contributed by atoms with Crippen LogP contribution in [0.3, 0.4) is 0 Å². The lowest BCUT2D eigenvalue weighted by Crippen LogP contribution is -2.45. The van der Waals surface area contributed by atoms with Gasteiger partial charge in [-0.05, 0) is 51.7 Å². The molecule has 0 amide bonds. The first kappa shape index (κ1) is 13.9. The standard InChI is InChI=1S/C12H26N2O2/c1-12(13,10-15)5-8-14-6-3-11(4-7-14)9-16-2/h11,15H,3-10,13H2,1-2H3. The van der Waals surface area contributed by atoms with Crippen molar-refractivity contribution in [3.63, 3.8) is 0 Å². The molecule has 1 rings (SSSR count). The third-order valence-electron chi connectivity index (χ3n) is 3.47. The van der Waals surface area contributed by atoms with E-state index in [0.717, 1.165) is 38.6 Å². The molecule has 1 heterocycles. The van der Waals surface area contributed by atoms with Gasteiger partial charge in [-0.25, -0.2) is 0 Å². The quantitative estimate of drug-likeness (QED) is 0.695. The van der Waals surface area contributed by atoms with Gasteiger partial charge in [0, 0.05) is 19.3 Å². The molecule has 0 aromatic carbocycles. The van der Waals surface area contributed by atoms with Crippen molar-refractivity contribution in [1.82, 2.24) is 4.90 Å². The third kappa shape index (κ3) is 4.78. The van der Waals surface area contributed by atoms with Gasteiger partial charge in [-0.3, -0.25) is 0 Å². The molecule has 1 aliphatic rings. The van der Waals surface area contributed by atoms with Gasteiger partial charge in [0.15, 0.2) is 0 Å². The lowest BCUT2D eigenvalue weighted by molar-refractivity contribution is 0.0930. The number of methoxy groups -OCH3 is 1. The normalized spacial score (nSPS) is 23.2. The Bertz CT molecular complexity index is 189. The van der Waals surface area contributed by atoms with Crippen molar-refractivity contribution < 1.29 is 9.84 Å². The molecule has 0 aromatic rings. The summed E-state index contributed by atoms with van der Waals surface area (Å²) < 4.78 is 5.18. The van der Waals surface area contributed by atoms with E-state index in [4.69, 9.17) is 15.6 Å². The molecule has 16 heavy (non-hydrogen) atoms. The fourth-order valence-corrected chi connectivity index (χ4v) is 2.10. The van der Waals surface area contributed by atoms with Gasteiger partial charge in [-0.1, -0.05) is 0 Å². The average molecular weight is 230 g/mol. The van der Waals surface area contributed by atoms with Crippen molar-refractivity contribution in [1.29, 1.82) is 0 Å². The second kappa shape index (κ2) is 6.55. The number of piperidine rings is 1. The molecular weight excluding hydrogens is 204 g/mol. The maximum Gasteiger partial charge on any atom is 0.0608 e. The van der Waals surface area contributed by atoms with E-state index in [9.17, 15) is 0 Å². The van der Waals surface area contributed by atoms with E-state index >= 15 is 0 Å². The van der Waals surface area contributed by atoms with Crippen LogP contribution in [0.1, 0.15) is 26.2 Å². The third-order valence-corrected chi connectivity index (χ3v) is 3.47. The smallest absolute Gasteiger partial charge is 0.0608 e. The summed E-state index contributed by atoms with van der Waals surface area (Å²) >= 11 is 0. The van der Waals surface area contributed by atoms with Gasteiger partial charge in [0.05, 0.1) is 6.61 Å². The highest BCUT2D eigenvalue weighted by atomic mass is 16.5. The molecule has 1 unspecified atom stereocenters. The van der Waals surface area contributed by atoms with E-state index < -0.39 is 5.54 Å². The van der Waals surface area contributed by atoms with E-state index in [0.29, 0.717) is 0 Å². The Kier molecular flexibility index (Phi) is 5.69. The molecule has 1 atom stereocenters. The van der Waals surface area contributed by atoms with Crippen molar-refractivity contribution in [2.45, 2.75) is 31.7 Å². The number of hydrogen-bond acceptors (Lipinski definition) is 4. The number of hydrogen-bond donors (Lipinski definition) is 2. The monoisotopic (exact) mass is 230 g/mol. The first-order valence-electron chi connectivity index (χ1n) is 6.18. The highest BCUT2D eigenvalue weighted by molar-refractivity contribution is 4.80. The van der Waals surface area contributed by atoms with Gasteiger partial charge in [0.25, 0.3) is 0 Å². The van der Waals surface area contributed by atoms with E-state index in [1.165, 1.54) is 12.8 Å². The Morgan fingerprint density at radius 1 is 1.44 bits per heavy atom. The molecule has 1 aliphatic heterocycles. The molecule has 0 spiro atoms. The minimum Gasteiger partial charge on any atom is -0.394 e. The van der Waals surface area contributed by atoms with Crippen molar-refractivity contribution in [3.05, 3.63) is 0 Å². The van der Waals surface area contributed by atoms with Crippen molar-refractivity contribution in [2.75, 3.05) is 40.0 Å². The van der Waals surface area contributed by atoms with E-state index in [2.05, 4.69) is 4.90 Å². The lowest BCUT2D eigenvalue weighted by atomic mass is 9.96. The first-order valence-corrected chi connectivity index (χ1v) is 6.18. The van der Waals surface area contributed by atoms with Crippen LogP contribution in [0.2, 0.25) is 0 Å². The average Bonchev–Trinajstić information content (AvgIpc) is 2.29. The lowest BCUT2D eigenvalue weighted by Gasteiger charge is -2.33. The molecule has 0 aromatic heterocycles. The Morgan fingerprint density at radius 2 is 2.06 bits per heavy atom. The molecule has 0 radical (unpaired) electrons. The summed E-state index contributed by atoms with van der Waals surface area (Å²) in [5.74, 6) is 0.725. The highest BCUT2D eigenvalue weighted by Crippen LogP contribution is 2.18. The molecule has 1 saturated heterocycles. The van der Waals surface area contributed by atoms with Crippen LogP contribution in [0.4, 0.5) is 0 Å². The highest BCUT2D eigenvalue weighted by Gasteiger charge is 2.22. The Hall–Kier alpha value is -0.160. The van der Waals surface area contributed by atoms with E-state index in [1.54, 1.807) is 7.11 Å². The van der Waals surface area contributed by atoms with Crippen molar-refractivity contribution >= 4 is 0 Å². The molecule has 0 aliphatic carbocycles. The number of nitrogens with two attached hydrogens (primary N) is 1. The summed E-state index contributed by atoms with van der Waals surface area (Å²) in [5, 5.41) is 9.08. The summed E-state index contributed by atoms with van der Waals surface area (Å²) in [6, 6.07) is 0. The number of aliphatic hydroxyl groups excluding tert-OH is 1. The fraction of sp³-hybridized carbons (Fsp3) is 1.00. The first-order chi connectivity index (χ1) is 7.57. The molecule has 4 heteroatoms. The SMILES string of the molecule is COCC1CCN(CCC(C)(N)CO)CC1. The summed E-state index contributed by atoms with van der Waals surface area (Å²) in [7, 11) is 1.77. The Balaban J connectivity index is 2.17. The molecule has 0 bridgehead atoms. The second-order valence-electron chi connectivity index (χ2n) is 5.30. The van der Waals surface area contributed by atoms with Crippen LogP contribution in [-0.2, 0) is 4.74 Å². The van der Waals surface area contributed by atoms with Gasteiger partial charge in [-0.15, -0.1) is 0 Å². The van der Waals surface area contributed by atoms with Crippen LogP contribution in [-0.4, -0.2) is 55.5 Å². The maximum atomic E-state index is 9.08. The minimum atomic E-state index is -0.427. The van der Waals surface area contributed by atoms with Crippen LogP contribution in [0.15, 0.2) is 0 Å². The number of likely N-dealkylation sites (tertiary alicyclic amines) is 1.